The van der Waals surface area contributed by atoms with Crippen LogP contribution in [0.4, 0.5) is 8.78 Å². The summed E-state index contributed by atoms with van der Waals surface area (Å²) < 4.78 is 30.6. The molecular formula is C27H30ClF2N2O. The zero-order valence-electron chi connectivity index (χ0n) is 19.3. The molecule has 3 aromatic rings. The summed E-state index contributed by atoms with van der Waals surface area (Å²) in [4.78, 5) is 14.6. The molecule has 6 heteroatoms. The molecule has 0 aliphatic rings. The lowest BCUT2D eigenvalue weighted by Gasteiger charge is -2.40. The third kappa shape index (κ3) is 5.83. The van der Waals surface area contributed by atoms with Crippen LogP contribution in [0, 0.1) is 24.0 Å². The van der Waals surface area contributed by atoms with E-state index in [0.717, 1.165) is 23.4 Å². The number of benzene rings is 2. The molecule has 3 rings (SSSR count). The van der Waals surface area contributed by atoms with E-state index in [1.807, 2.05) is 47.2 Å². The number of halogens is 3. The van der Waals surface area contributed by atoms with Crippen LogP contribution in [0.25, 0.3) is 11.1 Å². The van der Waals surface area contributed by atoms with Crippen LogP contribution in [0.2, 0.25) is 0 Å². The molecule has 1 heterocycles. The summed E-state index contributed by atoms with van der Waals surface area (Å²) in [7, 11) is 0. The maximum atomic E-state index is 14.7. The van der Waals surface area contributed by atoms with E-state index in [1.165, 1.54) is 6.07 Å². The van der Waals surface area contributed by atoms with Gasteiger partial charge in [-0.3, -0.25) is 4.79 Å². The highest BCUT2D eigenvalue weighted by atomic mass is 35.5. The third-order valence-corrected chi connectivity index (χ3v) is 5.84. The van der Waals surface area contributed by atoms with Gasteiger partial charge in [-0.15, -0.1) is 11.6 Å². The monoisotopic (exact) mass is 471 g/mol. The summed E-state index contributed by atoms with van der Waals surface area (Å²) in [6, 6.07) is 14.8. The summed E-state index contributed by atoms with van der Waals surface area (Å²) in [6.45, 7) is 11.0. The summed E-state index contributed by atoms with van der Waals surface area (Å²) in [5, 5.41) is 0. The Morgan fingerprint density at radius 3 is 2.42 bits per heavy atom. The van der Waals surface area contributed by atoms with Crippen LogP contribution in [0.15, 0.2) is 60.8 Å². The van der Waals surface area contributed by atoms with Gasteiger partial charge in [0, 0.05) is 36.1 Å². The number of hydrogen-bond donors (Lipinski definition) is 0. The second-order valence-electron chi connectivity index (χ2n) is 9.23. The van der Waals surface area contributed by atoms with Gasteiger partial charge < -0.3 is 9.47 Å². The van der Waals surface area contributed by atoms with Crippen molar-refractivity contribution in [2.75, 3.05) is 12.4 Å². The van der Waals surface area contributed by atoms with Crippen LogP contribution in [0.3, 0.4) is 0 Å². The van der Waals surface area contributed by atoms with Gasteiger partial charge in [0.25, 0.3) is 0 Å². The number of hydrogen-bond acceptors (Lipinski definition) is 1. The molecule has 175 valence electrons. The Balaban J connectivity index is 2.22. The Hall–Kier alpha value is -2.66. The second-order valence-corrected chi connectivity index (χ2v) is 9.50. The highest BCUT2D eigenvalue weighted by Gasteiger charge is 2.36. The second kappa shape index (κ2) is 10.5. The fourth-order valence-electron chi connectivity index (χ4n) is 4.26. The first-order valence-corrected chi connectivity index (χ1v) is 11.5. The topological polar surface area (TPSA) is 25.2 Å². The zero-order valence-corrected chi connectivity index (χ0v) is 20.1. The Labute approximate surface area is 200 Å². The molecule has 0 saturated carbocycles. The van der Waals surface area contributed by atoms with Gasteiger partial charge in [0.2, 0.25) is 5.91 Å². The van der Waals surface area contributed by atoms with Gasteiger partial charge in [0.05, 0.1) is 6.04 Å². The Kier molecular flexibility index (Phi) is 7.96. The summed E-state index contributed by atoms with van der Waals surface area (Å²) in [5.74, 6) is -1.34. The van der Waals surface area contributed by atoms with Gasteiger partial charge in [-0.2, -0.15) is 0 Å². The number of aromatic nitrogens is 1. The number of amides is 1. The van der Waals surface area contributed by atoms with Crippen LogP contribution in [-0.4, -0.2) is 27.8 Å². The van der Waals surface area contributed by atoms with Crippen molar-refractivity contribution in [3.05, 3.63) is 90.6 Å². The van der Waals surface area contributed by atoms with E-state index in [2.05, 4.69) is 27.7 Å². The molecule has 0 unspecified atom stereocenters. The van der Waals surface area contributed by atoms with Crippen molar-refractivity contribution in [1.29, 1.82) is 0 Å². The van der Waals surface area contributed by atoms with E-state index in [4.69, 9.17) is 11.6 Å². The van der Waals surface area contributed by atoms with Crippen molar-refractivity contribution in [2.45, 2.75) is 39.8 Å². The van der Waals surface area contributed by atoms with E-state index < -0.39 is 11.6 Å². The molecule has 0 N–H and O–H groups in total. The van der Waals surface area contributed by atoms with Crippen LogP contribution >= 0.6 is 11.6 Å². The molecular weight excluding hydrogens is 442 g/mol. The molecule has 0 fully saturated rings. The molecule has 1 amide bonds. The average molecular weight is 472 g/mol. The van der Waals surface area contributed by atoms with Crippen LogP contribution < -0.4 is 0 Å². The lowest BCUT2D eigenvalue weighted by Crippen LogP contribution is -2.43. The quantitative estimate of drug-likeness (QED) is 0.329. The number of rotatable bonds is 8. The highest BCUT2D eigenvalue weighted by molar-refractivity contribution is 6.27. The van der Waals surface area contributed by atoms with Crippen LogP contribution in [-0.2, 0) is 11.3 Å². The van der Waals surface area contributed by atoms with Crippen molar-refractivity contribution < 1.29 is 13.6 Å². The van der Waals surface area contributed by atoms with Crippen molar-refractivity contribution in [1.82, 2.24) is 9.47 Å². The fraction of sp³-hybridized carbons (Fsp3) is 0.333. The van der Waals surface area contributed by atoms with Gasteiger partial charge >= 0.3 is 0 Å². The normalized spacial score (nSPS) is 12.6. The number of carbonyl (C=O) groups excluding carboxylic acids is 1. The largest absolute Gasteiger partial charge is 0.344 e. The summed E-state index contributed by atoms with van der Waals surface area (Å²) in [5.41, 5.74) is 2.27. The van der Waals surface area contributed by atoms with E-state index >= 15 is 0 Å². The van der Waals surface area contributed by atoms with Crippen molar-refractivity contribution in [2.24, 2.45) is 5.41 Å². The lowest BCUT2D eigenvalue weighted by molar-refractivity contribution is -0.133. The van der Waals surface area contributed by atoms with Gasteiger partial charge in [-0.25, -0.2) is 8.78 Å². The predicted molar refractivity (Wildman–Crippen MR) is 130 cm³/mol. The first-order chi connectivity index (χ1) is 15.7. The van der Waals surface area contributed by atoms with Gasteiger partial charge in [0.15, 0.2) is 0 Å². The molecule has 0 spiro atoms. The van der Waals surface area contributed by atoms with Crippen LogP contribution in [0.5, 0.6) is 0 Å². The standard InChI is InChI=1S/C27H30ClF2N2O/c1-5-13-32(25(33)16-28)26(27(2,3)4)24-14-20(22-15-21(29)11-12-23(22)30)18-31(24)17-19-9-7-6-8-10-19/h6-12,14-15,18,26H,1,5,13,16-17H2,2-4H3/t26-/m0/s1. The highest BCUT2D eigenvalue weighted by Crippen LogP contribution is 2.41. The third-order valence-electron chi connectivity index (χ3n) is 5.61. The first kappa shape index (κ1) is 25.0. The molecule has 0 aliphatic heterocycles. The van der Waals surface area contributed by atoms with E-state index in [-0.39, 0.29) is 28.8 Å². The van der Waals surface area contributed by atoms with Crippen molar-refractivity contribution >= 4 is 17.5 Å². The van der Waals surface area contributed by atoms with Gasteiger partial charge in [0.1, 0.15) is 17.5 Å². The molecule has 0 saturated heterocycles. The Bertz CT molecular complexity index is 1090. The van der Waals surface area contributed by atoms with Gasteiger partial charge in [-0.05, 0) is 41.7 Å². The van der Waals surface area contributed by atoms with E-state index in [1.54, 1.807) is 4.90 Å². The molecule has 1 aromatic heterocycles. The molecule has 1 atom stereocenters. The van der Waals surface area contributed by atoms with E-state index in [0.29, 0.717) is 25.1 Å². The average Bonchev–Trinajstić information content (AvgIpc) is 3.17. The Morgan fingerprint density at radius 1 is 1.12 bits per heavy atom. The molecule has 0 aliphatic carbocycles. The zero-order chi connectivity index (χ0) is 24.2. The number of carbonyl (C=O) groups is 1. The number of alkyl halides is 1. The minimum Gasteiger partial charge on any atom is -0.344 e. The summed E-state index contributed by atoms with van der Waals surface area (Å²) in [6.07, 6.45) is 2.35. The number of nitrogens with zero attached hydrogens (tertiary/aromatic N) is 2. The molecule has 0 bridgehead atoms. The maximum Gasteiger partial charge on any atom is 0.238 e. The van der Waals surface area contributed by atoms with E-state index in [9.17, 15) is 13.6 Å². The summed E-state index contributed by atoms with van der Waals surface area (Å²) >= 11 is 5.96. The lowest BCUT2D eigenvalue weighted by atomic mass is 9.83. The Morgan fingerprint density at radius 2 is 1.82 bits per heavy atom. The molecule has 3 nitrogen and oxygen atoms in total. The predicted octanol–water partition coefficient (Wildman–Crippen LogP) is 6.86. The van der Waals surface area contributed by atoms with Gasteiger partial charge in [-0.1, -0.05) is 58.0 Å². The SMILES string of the molecule is [CH2]CCN(C(=O)CCl)[C@@H](c1cc(-c2cc(F)ccc2F)cn1Cc1ccccc1)C(C)(C)C. The molecule has 1 radical (unpaired) electrons. The minimum absolute atomic E-state index is 0.142. The minimum atomic E-state index is -0.507. The van der Waals surface area contributed by atoms with Crippen LogP contribution in [0.1, 0.15) is 44.5 Å². The molecule has 33 heavy (non-hydrogen) atoms. The van der Waals surface area contributed by atoms with Crippen molar-refractivity contribution in [3.8, 4) is 11.1 Å². The van der Waals surface area contributed by atoms with Crippen molar-refractivity contribution in [3.63, 3.8) is 0 Å². The fourth-order valence-corrected chi connectivity index (χ4v) is 4.41. The first-order valence-electron chi connectivity index (χ1n) is 11.0. The smallest absolute Gasteiger partial charge is 0.238 e. The maximum absolute atomic E-state index is 14.7. The molecule has 2 aromatic carbocycles.